The molecule has 1 aromatic rings. The highest BCUT2D eigenvalue weighted by molar-refractivity contribution is 5.57. The molecule has 10 heteroatoms. The van der Waals surface area contributed by atoms with Gasteiger partial charge in [0.15, 0.2) is 6.61 Å². The van der Waals surface area contributed by atoms with Crippen molar-refractivity contribution in [2.24, 2.45) is 0 Å². The fourth-order valence-electron chi connectivity index (χ4n) is 0.803. The standard InChI is InChI=1S/C6H5F3N4O3/c7-6(8,9)1-16-5-3(13(14)15)4(10)11-2-12-5/h2H,1H2,(H2,10,11,12). The Balaban J connectivity index is 2.96. The number of nitrogen functional groups attached to an aromatic ring is 1. The van der Waals surface area contributed by atoms with Gasteiger partial charge in [0.2, 0.25) is 5.82 Å². The molecule has 0 saturated heterocycles. The first kappa shape index (κ1) is 11.9. The van der Waals surface area contributed by atoms with Crippen molar-refractivity contribution in [3.8, 4) is 5.88 Å². The molecule has 0 fully saturated rings. The van der Waals surface area contributed by atoms with Crippen molar-refractivity contribution in [2.45, 2.75) is 6.18 Å². The van der Waals surface area contributed by atoms with Crippen LogP contribution in [0.3, 0.4) is 0 Å². The maximum Gasteiger partial charge on any atom is 0.422 e. The lowest BCUT2D eigenvalue weighted by molar-refractivity contribution is -0.385. The number of nitro groups is 1. The lowest BCUT2D eigenvalue weighted by Gasteiger charge is -2.08. The average Bonchev–Trinajstić information content (AvgIpc) is 2.12. The molecule has 16 heavy (non-hydrogen) atoms. The molecule has 0 aromatic carbocycles. The molecular formula is C6H5F3N4O3. The number of alkyl halides is 3. The molecule has 0 atom stereocenters. The maximum absolute atomic E-state index is 11.8. The third kappa shape index (κ3) is 2.93. The zero-order chi connectivity index (χ0) is 12.3. The maximum atomic E-state index is 11.8. The van der Waals surface area contributed by atoms with Crippen LogP contribution in [0.2, 0.25) is 0 Å². The summed E-state index contributed by atoms with van der Waals surface area (Å²) < 4.78 is 39.6. The number of anilines is 1. The molecule has 0 unspecified atom stereocenters. The summed E-state index contributed by atoms with van der Waals surface area (Å²) in [5.74, 6) is -1.37. The highest BCUT2D eigenvalue weighted by Crippen LogP contribution is 2.29. The van der Waals surface area contributed by atoms with E-state index in [-0.39, 0.29) is 0 Å². The van der Waals surface area contributed by atoms with E-state index in [4.69, 9.17) is 5.73 Å². The van der Waals surface area contributed by atoms with Gasteiger partial charge in [-0.1, -0.05) is 0 Å². The molecular weight excluding hydrogens is 233 g/mol. The Morgan fingerprint density at radius 3 is 2.62 bits per heavy atom. The summed E-state index contributed by atoms with van der Waals surface area (Å²) in [6.45, 7) is -1.69. The Kier molecular flexibility index (Phi) is 3.11. The Morgan fingerprint density at radius 2 is 2.12 bits per heavy atom. The van der Waals surface area contributed by atoms with Gasteiger partial charge in [-0.2, -0.15) is 18.2 Å². The van der Waals surface area contributed by atoms with Gasteiger partial charge in [0.25, 0.3) is 5.88 Å². The van der Waals surface area contributed by atoms with Gasteiger partial charge in [-0.15, -0.1) is 0 Å². The van der Waals surface area contributed by atoms with Crippen LogP contribution in [0.1, 0.15) is 0 Å². The van der Waals surface area contributed by atoms with Crippen molar-refractivity contribution in [1.29, 1.82) is 0 Å². The van der Waals surface area contributed by atoms with Crippen molar-refractivity contribution in [2.75, 3.05) is 12.3 Å². The monoisotopic (exact) mass is 238 g/mol. The predicted molar refractivity (Wildman–Crippen MR) is 44.6 cm³/mol. The fraction of sp³-hybridized carbons (Fsp3) is 0.333. The van der Waals surface area contributed by atoms with Gasteiger partial charge in [-0.3, -0.25) is 10.1 Å². The van der Waals surface area contributed by atoms with Gasteiger partial charge in [-0.05, 0) is 0 Å². The second-order valence-corrected chi connectivity index (χ2v) is 2.57. The smallest absolute Gasteiger partial charge is 0.422 e. The van der Waals surface area contributed by atoms with E-state index in [1.807, 2.05) is 0 Å². The van der Waals surface area contributed by atoms with E-state index in [0.29, 0.717) is 0 Å². The summed E-state index contributed by atoms with van der Waals surface area (Å²) in [5, 5.41) is 10.5. The molecule has 7 nitrogen and oxygen atoms in total. The van der Waals surface area contributed by atoms with E-state index in [2.05, 4.69) is 14.7 Å². The van der Waals surface area contributed by atoms with E-state index >= 15 is 0 Å². The Labute approximate surface area is 86.2 Å². The van der Waals surface area contributed by atoms with E-state index < -0.39 is 35.1 Å². The summed E-state index contributed by atoms with van der Waals surface area (Å²) in [5.41, 5.74) is 4.22. The molecule has 1 aromatic heterocycles. The van der Waals surface area contributed by atoms with Gasteiger partial charge in [0.1, 0.15) is 6.33 Å². The predicted octanol–water partition coefficient (Wildman–Crippen LogP) is 0.908. The molecule has 0 saturated carbocycles. The van der Waals surface area contributed by atoms with Crippen LogP contribution >= 0.6 is 0 Å². The number of ether oxygens (including phenoxy) is 1. The van der Waals surface area contributed by atoms with Crippen LogP contribution in [0.15, 0.2) is 6.33 Å². The summed E-state index contributed by atoms with van der Waals surface area (Å²) in [6.07, 6.45) is -3.85. The number of nitrogens with two attached hydrogens (primary N) is 1. The molecule has 1 rings (SSSR count). The largest absolute Gasteiger partial charge is 0.463 e. The Bertz CT molecular complexity index is 408. The van der Waals surface area contributed by atoms with E-state index in [1.165, 1.54) is 0 Å². The molecule has 0 aliphatic carbocycles. The van der Waals surface area contributed by atoms with E-state index in [1.54, 1.807) is 0 Å². The number of halogens is 3. The van der Waals surface area contributed by atoms with Crippen LogP contribution in [0.4, 0.5) is 24.7 Å². The van der Waals surface area contributed by atoms with Crippen LogP contribution in [0.25, 0.3) is 0 Å². The van der Waals surface area contributed by atoms with Gasteiger partial charge >= 0.3 is 11.9 Å². The minimum absolute atomic E-state index is 0.558. The van der Waals surface area contributed by atoms with Crippen LogP contribution in [0, 0.1) is 10.1 Å². The van der Waals surface area contributed by atoms with Crippen molar-refractivity contribution in [1.82, 2.24) is 9.97 Å². The lowest BCUT2D eigenvalue weighted by Crippen LogP contribution is -2.20. The molecule has 0 radical (unpaired) electrons. The second-order valence-electron chi connectivity index (χ2n) is 2.57. The van der Waals surface area contributed by atoms with Gasteiger partial charge < -0.3 is 10.5 Å². The molecule has 0 aliphatic rings. The zero-order valence-electron chi connectivity index (χ0n) is 7.56. The summed E-state index contributed by atoms with van der Waals surface area (Å²) >= 11 is 0. The van der Waals surface area contributed by atoms with E-state index in [9.17, 15) is 23.3 Å². The van der Waals surface area contributed by atoms with Crippen molar-refractivity contribution < 1.29 is 22.8 Å². The van der Waals surface area contributed by atoms with Crippen LogP contribution in [-0.4, -0.2) is 27.7 Å². The van der Waals surface area contributed by atoms with Gasteiger partial charge in [-0.25, -0.2) is 4.98 Å². The molecule has 88 valence electrons. The lowest BCUT2D eigenvalue weighted by atomic mass is 10.4. The number of rotatable bonds is 3. The Hall–Kier alpha value is -2.13. The Morgan fingerprint density at radius 1 is 1.50 bits per heavy atom. The minimum atomic E-state index is -4.62. The summed E-state index contributed by atoms with van der Waals surface area (Å²) in [4.78, 5) is 15.9. The summed E-state index contributed by atoms with van der Waals surface area (Å²) in [6, 6.07) is 0. The first-order valence-corrected chi connectivity index (χ1v) is 3.75. The first-order valence-electron chi connectivity index (χ1n) is 3.75. The highest BCUT2D eigenvalue weighted by atomic mass is 19.4. The quantitative estimate of drug-likeness (QED) is 0.619. The molecule has 0 spiro atoms. The van der Waals surface area contributed by atoms with Gasteiger partial charge in [0.05, 0.1) is 4.92 Å². The molecule has 1 heterocycles. The SMILES string of the molecule is Nc1ncnc(OCC(F)(F)F)c1[N+](=O)[O-]. The first-order chi connectivity index (χ1) is 7.31. The van der Waals surface area contributed by atoms with E-state index in [0.717, 1.165) is 6.33 Å². The molecule has 0 bridgehead atoms. The normalized spacial score (nSPS) is 11.2. The number of aromatic nitrogens is 2. The molecule has 2 N–H and O–H groups in total. The molecule has 0 aliphatic heterocycles. The number of nitrogens with zero attached hydrogens (tertiary/aromatic N) is 3. The van der Waals surface area contributed by atoms with Gasteiger partial charge in [0, 0.05) is 0 Å². The third-order valence-electron chi connectivity index (χ3n) is 1.37. The highest BCUT2D eigenvalue weighted by Gasteiger charge is 2.31. The average molecular weight is 238 g/mol. The number of hydrogen-bond donors (Lipinski definition) is 1. The number of hydrogen-bond acceptors (Lipinski definition) is 6. The van der Waals surface area contributed by atoms with Crippen LogP contribution in [-0.2, 0) is 0 Å². The van der Waals surface area contributed by atoms with Crippen molar-refractivity contribution in [3.63, 3.8) is 0 Å². The van der Waals surface area contributed by atoms with Crippen LogP contribution in [0.5, 0.6) is 5.88 Å². The second kappa shape index (κ2) is 4.16. The third-order valence-corrected chi connectivity index (χ3v) is 1.37. The molecule has 0 amide bonds. The minimum Gasteiger partial charge on any atom is -0.463 e. The van der Waals surface area contributed by atoms with Crippen LogP contribution < -0.4 is 10.5 Å². The van der Waals surface area contributed by atoms with Crippen molar-refractivity contribution in [3.05, 3.63) is 16.4 Å². The van der Waals surface area contributed by atoms with Crippen molar-refractivity contribution >= 4 is 11.5 Å². The zero-order valence-corrected chi connectivity index (χ0v) is 7.56. The topological polar surface area (TPSA) is 104 Å². The summed E-state index contributed by atoms with van der Waals surface area (Å²) in [7, 11) is 0. The fourth-order valence-corrected chi connectivity index (χ4v) is 0.803.